The van der Waals surface area contributed by atoms with Crippen LogP contribution in [-0.2, 0) is 0 Å². The predicted molar refractivity (Wildman–Crippen MR) is 138 cm³/mol. The Hall–Kier alpha value is -3.88. The molecule has 9 nitrogen and oxygen atoms in total. The van der Waals surface area contributed by atoms with Gasteiger partial charge in [-0.3, -0.25) is 10.2 Å². The number of anilines is 1. The summed E-state index contributed by atoms with van der Waals surface area (Å²) in [6, 6.07) is 11.0. The van der Waals surface area contributed by atoms with Crippen LogP contribution in [0.2, 0.25) is 0 Å². The molecule has 2 aromatic rings. The number of amides is 1. The van der Waals surface area contributed by atoms with Gasteiger partial charge >= 0.3 is 0 Å². The summed E-state index contributed by atoms with van der Waals surface area (Å²) >= 11 is 0. The first-order valence-corrected chi connectivity index (χ1v) is 11.6. The molecule has 0 unspecified atom stereocenters. The zero-order valence-electron chi connectivity index (χ0n) is 20.8. The Morgan fingerprint density at radius 1 is 1.03 bits per heavy atom. The normalized spacial score (nSPS) is 17.1. The Morgan fingerprint density at radius 3 is 2.11 bits per heavy atom. The second-order valence-electron chi connectivity index (χ2n) is 8.79. The van der Waals surface area contributed by atoms with E-state index >= 15 is 0 Å². The minimum Gasteiger partial charge on any atom is -0.502 e. The maximum atomic E-state index is 12.8. The number of para-hydroxylation sites is 1. The molecule has 1 aliphatic carbocycles. The number of rotatable bonds is 9. The van der Waals surface area contributed by atoms with E-state index in [0.29, 0.717) is 17.2 Å². The second-order valence-corrected chi connectivity index (χ2v) is 8.79. The molecule has 35 heavy (non-hydrogen) atoms. The molecular formula is C26H35N5O4. The third kappa shape index (κ3) is 6.38. The van der Waals surface area contributed by atoms with Crippen molar-refractivity contribution >= 4 is 17.4 Å². The fourth-order valence-electron chi connectivity index (χ4n) is 4.16. The fraction of sp³-hybridized carbons (Fsp3) is 0.385. The number of benzene rings is 2. The number of amidine groups is 1. The summed E-state index contributed by atoms with van der Waals surface area (Å²) in [5.74, 6) is 1.12. The molecule has 0 heterocycles. The second kappa shape index (κ2) is 11.5. The Bertz CT molecular complexity index is 1050. The highest BCUT2D eigenvalue weighted by Crippen LogP contribution is 2.37. The standard InChI is InChI=1S/C26H35N5O4/c1-16(29-21-9-7-6-8-20(21)25(27)31(2)3)28-18-10-12-19(13-11-18)30-26(33)17-14-22(34-4)24(32)23(15-17)35-5/h6-9,14-15,18-19,27-29,32H,1,10-13H2,2-5H3,(H,30,33). The highest BCUT2D eigenvalue weighted by Gasteiger charge is 2.24. The summed E-state index contributed by atoms with van der Waals surface area (Å²) in [6.07, 6.45) is 3.40. The van der Waals surface area contributed by atoms with Gasteiger partial charge in [-0.1, -0.05) is 18.7 Å². The molecule has 3 rings (SSSR count). The molecule has 2 aromatic carbocycles. The zero-order chi connectivity index (χ0) is 25.5. The number of phenols is 1. The van der Waals surface area contributed by atoms with Gasteiger partial charge in [-0.15, -0.1) is 0 Å². The highest BCUT2D eigenvalue weighted by atomic mass is 16.5. The number of nitrogens with one attached hydrogen (secondary N) is 4. The molecule has 1 saturated carbocycles. The van der Waals surface area contributed by atoms with Crippen molar-refractivity contribution in [2.24, 2.45) is 0 Å². The number of aromatic hydroxyl groups is 1. The minimum atomic E-state index is -0.232. The third-order valence-electron chi connectivity index (χ3n) is 6.10. The van der Waals surface area contributed by atoms with Crippen LogP contribution in [0.1, 0.15) is 41.6 Å². The third-order valence-corrected chi connectivity index (χ3v) is 6.10. The van der Waals surface area contributed by atoms with E-state index in [1.807, 2.05) is 38.4 Å². The molecular weight excluding hydrogens is 446 g/mol. The average Bonchev–Trinajstić information content (AvgIpc) is 2.85. The Morgan fingerprint density at radius 2 is 1.57 bits per heavy atom. The van der Waals surface area contributed by atoms with E-state index in [2.05, 4.69) is 22.5 Å². The molecule has 0 bridgehead atoms. The summed E-state index contributed by atoms with van der Waals surface area (Å²) in [4.78, 5) is 14.6. The molecule has 0 radical (unpaired) electrons. The van der Waals surface area contributed by atoms with Gasteiger partial charge in [0.2, 0.25) is 5.75 Å². The maximum Gasteiger partial charge on any atom is 0.251 e. The van der Waals surface area contributed by atoms with Gasteiger partial charge in [0.1, 0.15) is 5.84 Å². The number of carbonyl (C=O) groups is 1. The smallest absolute Gasteiger partial charge is 0.251 e. The molecule has 0 aliphatic heterocycles. The van der Waals surface area contributed by atoms with Crippen LogP contribution in [-0.4, -0.2) is 62.1 Å². The number of phenolic OH excluding ortho intramolecular Hbond substituents is 1. The first kappa shape index (κ1) is 25.7. The van der Waals surface area contributed by atoms with Gasteiger partial charge in [0.25, 0.3) is 5.91 Å². The van der Waals surface area contributed by atoms with Gasteiger partial charge in [0, 0.05) is 37.3 Å². The summed E-state index contributed by atoms with van der Waals surface area (Å²) in [6.45, 7) is 4.12. The number of nitrogens with zero attached hydrogens (tertiary/aromatic N) is 1. The van der Waals surface area contributed by atoms with E-state index in [9.17, 15) is 9.90 Å². The molecule has 9 heteroatoms. The van der Waals surface area contributed by atoms with Crippen molar-refractivity contribution in [3.63, 3.8) is 0 Å². The Labute approximate surface area is 206 Å². The molecule has 5 N–H and O–H groups in total. The number of hydrogen-bond donors (Lipinski definition) is 5. The molecule has 1 fully saturated rings. The predicted octanol–water partition coefficient (Wildman–Crippen LogP) is 3.51. The summed E-state index contributed by atoms with van der Waals surface area (Å²) in [7, 11) is 6.55. The van der Waals surface area contributed by atoms with E-state index in [4.69, 9.17) is 14.9 Å². The lowest BCUT2D eigenvalue weighted by Gasteiger charge is -2.31. The van der Waals surface area contributed by atoms with Gasteiger partial charge < -0.3 is 35.4 Å². The van der Waals surface area contributed by atoms with Crippen molar-refractivity contribution in [2.45, 2.75) is 37.8 Å². The largest absolute Gasteiger partial charge is 0.502 e. The molecule has 188 valence electrons. The first-order valence-electron chi connectivity index (χ1n) is 11.6. The molecule has 1 aliphatic rings. The van der Waals surface area contributed by atoms with Crippen LogP contribution in [0.4, 0.5) is 5.69 Å². The van der Waals surface area contributed by atoms with Gasteiger partial charge in [-0.2, -0.15) is 0 Å². The fourth-order valence-corrected chi connectivity index (χ4v) is 4.16. The number of carbonyl (C=O) groups excluding carboxylic acids is 1. The van der Waals surface area contributed by atoms with E-state index in [1.54, 1.807) is 4.90 Å². The van der Waals surface area contributed by atoms with E-state index in [0.717, 1.165) is 36.9 Å². The van der Waals surface area contributed by atoms with Crippen molar-refractivity contribution in [3.8, 4) is 17.2 Å². The molecule has 0 aromatic heterocycles. The van der Waals surface area contributed by atoms with Crippen molar-refractivity contribution in [3.05, 3.63) is 59.9 Å². The summed E-state index contributed by atoms with van der Waals surface area (Å²) in [5, 5.41) is 28.2. The van der Waals surface area contributed by atoms with Crippen LogP contribution in [0, 0.1) is 5.41 Å². The van der Waals surface area contributed by atoms with Crippen LogP contribution in [0.3, 0.4) is 0 Å². The van der Waals surface area contributed by atoms with Crippen molar-refractivity contribution in [1.82, 2.24) is 15.5 Å². The molecule has 1 amide bonds. The van der Waals surface area contributed by atoms with Crippen LogP contribution >= 0.6 is 0 Å². The monoisotopic (exact) mass is 481 g/mol. The van der Waals surface area contributed by atoms with Crippen molar-refractivity contribution in [2.75, 3.05) is 33.6 Å². The Balaban J connectivity index is 1.52. The number of hydrogen-bond acceptors (Lipinski definition) is 7. The lowest BCUT2D eigenvalue weighted by Crippen LogP contribution is -2.42. The number of ether oxygens (including phenoxy) is 2. The summed E-state index contributed by atoms with van der Waals surface area (Å²) in [5.41, 5.74) is 2.00. The lowest BCUT2D eigenvalue weighted by atomic mass is 9.91. The van der Waals surface area contributed by atoms with Crippen molar-refractivity contribution < 1.29 is 19.4 Å². The van der Waals surface area contributed by atoms with E-state index in [-0.39, 0.29) is 35.2 Å². The molecule has 0 atom stereocenters. The summed E-state index contributed by atoms with van der Waals surface area (Å²) < 4.78 is 10.3. The molecule has 0 spiro atoms. The van der Waals surface area contributed by atoms with Gasteiger partial charge in [0.05, 0.1) is 25.7 Å². The van der Waals surface area contributed by atoms with E-state index in [1.165, 1.54) is 26.4 Å². The lowest BCUT2D eigenvalue weighted by molar-refractivity contribution is 0.0924. The molecule has 0 saturated heterocycles. The SMILES string of the molecule is C=C(Nc1ccccc1C(=N)N(C)C)NC1CCC(NC(=O)c2cc(OC)c(O)c(OC)c2)CC1. The van der Waals surface area contributed by atoms with Crippen LogP contribution in [0.5, 0.6) is 17.2 Å². The Kier molecular flexibility index (Phi) is 8.46. The average molecular weight is 482 g/mol. The first-order chi connectivity index (χ1) is 16.7. The van der Waals surface area contributed by atoms with Crippen molar-refractivity contribution in [1.29, 1.82) is 5.41 Å². The quantitative estimate of drug-likeness (QED) is 0.275. The van der Waals surface area contributed by atoms with Crippen LogP contribution < -0.4 is 25.4 Å². The highest BCUT2D eigenvalue weighted by molar-refractivity contribution is 6.01. The number of methoxy groups -OCH3 is 2. The zero-order valence-corrected chi connectivity index (χ0v) is 20.8. The van der Waals surface area contributed by atoms with Gasteiger partial charge in [0.15, 0.2) is 11.5 Å². The van der Waals surface area contributed by atoms with Crippen LogP contribution in [0.15, 0.2) is 48.8 Å². The topological polar surface area (TPSA) is 119 Å². The minimum absolute atomic E-state index is 0.0499. The maximum absolute atomic E-state index is 12.8. The van der Waals surface area contributed by atoms with E-state index < -0.39 is 0 Å². The van der Waals surface area contributed by atoms with Crippen LogP contribution in [0.25, 0.3) is 0 Å². The van der Waals surface area contributed by atoms with Gasteiger partial charge in [-0.05, 0) is 49.9 Å². The van der Waals surface area contributed by atoms with Gasteiger partial charge in [-0.25, -0.2) is 0 Å².